The van der Waals surface area contributed by atoms with Gasteiger partial charge in [-0.25, -0.2) is 4.79 Å². The molecule has 0 radical (unpaired) electrons. The van der Waals surface area contributed by atoms with E-state index in [1.165, 1.54) is 4.57 Å². The molecule has 1 fully saturated rings. The largest absolute Gasteiger partial charge is 0.341 e. The van der Waals surface area contributed by atoms with Crippen molar-refractivity contribution in [2.75, 3.05) is 20.1 Å². The molecular formula is C16H20N4O3. The van der Waals surface area contributed by atoms with E-state index in [0.717, 1.165) is 19.5 Å². The van der Waals surface area contributed by atoms with Crippen molar-refractivity contribution in [2.24, 2.45) is 0 Å². The predicted molar refractivity (Wildman–Crippen MR) is 87.5 cm³/mol. The molecule has 3 rings (SSSR count). The summed E-state index contributed by atoms with van der Waals surface area (Å²) in [5.74, 6) is 0.000816. The van der Waals surface area contributed by atoms with Crippen LogP contribution in [0.3, 0.4) is 0 Å². The first-order valence-corrected chi connectivity index (χ1v) is 7.76. The van der Waals surface area contributed by atoms with Gasteiger partial charge in [0.25, 0.3) is 5.56 Å². The molecule has 1 aromatic carbocycles. The molecule has 2 heterocycles. The lowest BCUT2D eigenvalue weighted by atomic mass is 10.2. The van der Waals surface area contributed by atoms with E-state index in [4.69, 9.17) is 0 Å². The topological polar surface area (TPSA) is 87.2 Å². The van der Waals surface area contributed by atoms with E-state index in [-0.39, 0.29) is 24.9 Å². The molecule has 0 aliphatic carbocycles. The minimum Gasteiger partial charge on any atom is -0.341 e. The molecule has 7 heteroatoms. The van der Waals surface area contributed by atoms with Crippen LogP contribution in [-0.2, 0) is 11.3 Å². The summed E-state index contributed by atoms with van der Waals surface area (Å²) in [7, 11) is 1.80. The van der Waals surface area contributed by atoms with E-state index in [1.54, 1.807) is 36.2 Å². The molecule has 1 amide bonds. The molecule has 122 valence electrons. The first-order valence-electron chi connectivity index (χ1n) is 7.76. The average Bonchev–Trinajstić information content (AvgIpc) is 3.08. The maximum Gasteiger partial charge on any atom is 0.328 e. The van der Waals surface area contributed by atoms with Gasteiger partial charge >= 0.3 is 5.69 Å². The third-order valence-corrected chi connectivity index (χ3v) is 4.43. The number of amides is 1. The van der Waals surface area contributed by atoms with Gasteiger partial charge in [-0.15, -0.1) is 0 Å². The quantitative estimate of drug-likeness (QED) is 0.825. The maximum absolute atomic E-state index is 12.3. The van der Waals surface area contributed by atoms with Crippen LogP contribution in [0.25, 0.3) is 10.9 Å². The second-order valence-corrected chi connectivity index (χ2v) is 5.83. The number of carbonyl (C=O) groups is 1. The number of aryl methyl sites for hydroxylation is 1. The molecule has 1 aromatic heterocycles. The number of fused-ring (bicyclic) bond motifs is 1. The summed E-state index contributed by atoms with van der Waals surface area (Å²) in [4.78, 5) is 40.3. The Morgan fingerprint density at radius 3 is 2.87 bits per heavy atom. The second kappa shape index (κ2) is 6.37. The second-order valence-electron chi connectivity index (χ2n) is 5.83. The Bertz CT molecular complexity index is 833. The van der Waals surface area contributed by atoms with Gasteiger partial charge in [0, 0.05) is 32.6 Å². The van der Waals surface area contributed by atoms with Gasteiger partial charge in [0.15, 0.2) is 0 Å². The summed E-state index contributed by atoms with van der Waals surface area (Å²) in [5.41, 5.74) is -0.326. The summed E-state index contributed by atoms with van der Waals surface area (Å²) in [6, 6.07) is 7.13. The molecule has 0 bridgehead atoms. The lowest BCUT2D eigenvalue weighted by molar-refractivity contribution is -0.131. The molecule has 1 aliphatic heterocycles. The molecule has 1 unspecified atom stereocenters. The number of benzene rings is 1. The van der Waals surface area contributed by atoms with Gasteiger partial charge in [-0.3, -0.25) is 19.1 Å². The van der Waals surface area contributed by atoms with Gasteiger partial charge in [0.1, 0.15) is 0 Å². The van der Waals surface area contributed by atoms with Gasteiger partial charge in [0.2, 0.25) is 5.91 Å². The molecule has 7 nitrogen and oxygen atoms in total. The fourth-order valence-electron chi connectivity index (χ4n) is 3.02. The van der Waals surface area contributed by atoms with Crippen LogP contribution in [0.2, 0.25) is 0 Å². The van der Waals surface area contributed by atoms with E-state index >= 15 is 0 Å². The van der Waals surface area contributed by atoms with Crippen molar-refractivity contribution in [1.29, 1.82) is 0 Å². The number of rotatable bonds is 4. The summed E-state index contributed by atoms with van der Waals surface area (Å²) < 4.78 is 1.45. The molecule has 1 saturated heterocycles. The highest BCUT2D eigenvalue weighted by atomic mass is 16.2. The monoisotopic (exact) mass is 316 g/mol. The van der Waals surface area contributed by atoms with E-state index in [0.29, 0.717) is 10.9 Å². The highest BCUT2D eigenvalue weighted by molar-refractivity contribution is 5.79. The van der Waals surface area contributed by atoms with Gasteiger partial charge in [-0.2, -0.15) is 0 Å². The minimum absolute atomic E-state index is 0.000816. The zero-order valence-corrected chi connectivity index (χ0v) is 13.0. The maximum atomic E-state index is 12.3. The smallest absolute Gasteiger partial charge is 0.328 e. The first kappa shape index (κ1) is 15.5. The van der Waals surface area contributed by atoms with Crippen molar-refractivity contribution in [3.8, 4) is 0 Å². The van der Waals surface area contributed by atoms with Crippen molar-refractivity contribution in [3.63, 3.8) is 0 Å². The van der Waals surface area contributed by atoms with Crippen LogP contribution >= 0.6 is 0 Å². The summed E-state index contributed by atoms with van der Waals surface area (Å²) >= 11 is 0. The van der Waals surface area contributed by atoms with Crippen LogP contribution in [0, 0.1) is 0 Å². The van der Waals surface area contributed by atoms with Gasteiger partial charge < -0.3 is 10.2 Å². The molecule has 1 aliphatic rings. The SMILES string of the molecule is CN(C(=O)CCn1c(=O)[nH]c(=O)c2ccccc21)C1CCNC1. The average molecular weight is 316 g/mol. The van der Waals surface area contributed by atoms with E-state index in [9.17, 15) is 14.4 Å². The number of nitrogens with zero attached hydrogens (tertiary/aromatic N) is 2. The number of H-pyrrole nitrogens is 1. The lowest BCUT2D eigenvalue weighted by Crippen LogP contribution is -2.39. The number of carbonyl (C=O) groups excluding carboxylic acids is 1. The highest BCUT2D eigenvalue weighted by Crippen LogP contribution is 2.10. The van der Waals surface area contributed by atoms with E-state index in [2.05, 4.69) is 10.3 Å². The van der Waals surface area contributed by atoms with Gasteiger partial charge in [0.05, 0.1) is 10.9 Å². The van der Waals surface area contributed by atoms with Crippen LogP contribution < -0.4 is 16.6 Å². The standard InChI is InChI=1S/C16H20N4O3/c1-19(11-6-8-17-10-11)14(21)7-9-20-13-5-3-2-4-12(13)15(22)18-16(20)23/h2-5,11,17H,6-10H2,1H3,(H,18,22,23). The number of para-hydroxylation sites is 1. The normalized spacial score (nSPS) is 17.5. The Hall–Kier alpha value is -2.41. The summed E-state index contributed by atoms with van der Waals surface area (Å²) in [5, 5.41) is 3.68. The van der Waals surface area contributed by atoms with Gasteiger partial charge in [-0.1, -0.05) is 12.1 Å². The Morgan fingerprint density at radius 2 is 2.13 bits per heavy atom. The predicted octanol–water partition coefficient (Wildman–Crippen LogP) is -0.0998. The number of aromatic amines is 1. The lowest BCUT2D eigenvalue weighted by Gasteiger charge is -2.24. The summed E-state index contributed by atoms with van der Waals surface area (Å²) in [6.07, 6.45) is 1.17. The van der Waals surface area contributed by atoms with Crippen LogP contribution in [0.1, 0.15) is 12.8 Å². The molecule has 2 N–H and O–H groups in total. The van der Waals surface area contributed by atoms with Crippen molar-refractivity contribution in [1.82, 2.24) is 19.8 Å². The van der Waals surface area contributed by atoms with Crippen molar-refractivity contribution >= 4 is 16.8 Å². The van der Waals surface area contributed by atoms with Crippen LogP contribution in [0.4, 0.5) is 0 Å². The third-order valence-electron chi connectivity index (χ3n) is 4.43. The van der Waals surface area contributed by atoms with Crippen molar-refractivity contribution in [2.45, 2.75) is 25.4 Å². The molecule has 23 heavy (non-hydrogen) atoms. The zero-order chi connectivity index (χ0) is 16.4. The van der Waals surface area contributed by atoms with Crippen molar-refractivity contribution in [3.05, 3.63) is 45.1 Å². The molecule has 2 aromatic rings. The Labute approximate surface area is 132 Å². The first-order chi connectivity index (χ1) is 11.1. The molecular weight excluding hydrogens is 296 g/mol. The van der Waals surface area contributed by atoms with Gasteiger partial charge in [-0.05, 0) is 25.1 Å². The minimum atomic E-state index is -0.480. The van der Waals surface area contributed by atoms with E-state index in [1.807, 2.05) is 0 Å². The van der Waals surface area contributed by atoms with Crippen molar-refractivity contribution < 1.29 is 4.79 Å². The highest BCUT2D eigenvalue weighted by Gasteiger charge is 2.23. The zero-order valence-electron chi connectivity index (χ0n) is 13.0. The molecule has 0 saturated carbocycles. The fourth-order valence-corrected chi connectivity index (χ4v) is 3.02. The number of likely N-dealkylation sites (N-methyl/N-ethyl adjacent to an activating group) is 1. The number of hydrogen-bond acceptors (Lipinski definition) is 4. The van der Waals surface area contributed by atoms with Crippen LogP contribution in [0.15, 0.2) is 33.9 Å². The molecule has 1 atom stereocenters. The fraction of sp³-hybridized carbons (Fsp3) is 0.438. The van der Waals surface area contributed by atoms with E-state index < -0.39 is 11.2 Å². The Morgan fingerprint density at radius 1 is 1.35 bits per heavy atom. The Balaban J connectivity index is 1.81. The third kappa shape index (κ3) is 3.05. The van der Waals surface area contributed by atoms with Crippen LogP contribution in [0.5, 0.6) is 0 Å². The summed E-state index contributed by atoms with van der Waals surface area (Å²) in [6.45, 7) is 1.98. The van der Waals surface area contributed by atoms with Crippen LogP contribution in [-0.4, -0.2) is 46.5 Å². The number of nitrogens with one attached hydrogen (secondary N) is 2. The number of hydrogen-bond donors (Lipinski definition) is 2. The Kier molecular flexibility index (Phi) is 4.29. The molecule has 0 spiro atoms. The number of aromatic nitrogens is 2.